The molecule has 0 saturated heterocycles. The number of carbonyl (C=O) groups excluding carboxylic acids is 2. The predicted octanol–water partition coefficient (Wildman–Crippen LogP) is 2.59. The molecule has 21 heavy (non-hydrogen) atoms. The number of rotatable bonds is 7. The van der Waals surface area contributed by atoms with E-state index in [1.54, 1.807) is 12.2 Å². The molecule has 0 aliphatic heterocycles. The van der Waals surface area contributed by atoms with Crippen molar-refractivity contribution in [2.45, 2.75) is 19.1 Å². The Morgan fingerprint density at radius 1 is 1.33 bits per heavy atom. The van der Waals surface area contributed by atoms with E-state index in [9.17, 15) is 9.59 Å². The number of methoxy groups -OCH3 is 1. The Morgan fingerprint density at radius 3 is 2.67 bits per heavy atom. The zero-order chi connectivity index (χ0) is 15.5. The molecule has 1 amide bonds. The fraction of sp³-hybridized carbons (Fsp3) is 0.250. The molecule has 1 rings (SSSR count). The fourth-order valence-electron chi connectivity index (χ4n) is 1.52. The third-order valence-electron chi connectivity index (χ3n) is 2.57. The van der Waals surface area contributed by atoms with E-state index < -0.39 is 18.1 Å². The lowest BCUT2D eigenvalue weighted by Crippen LogP contribution is -2.40. The van der Waals surface area contributed by atoms with Crippen LogP contribution in [0.15, 0.2) is 55.1 Å². The summed E-state index contributed by atoms with van der Waals surface area (Å²) in [6.07, 6.45) is 4.84. The van der Waals surface area contributed by atoms with Crippen LogP contribution in [0.2, 0.25) is 0 Å². The maximum atomic E-state index is 11.7. The molecule has 0 spiro atoms. The Morgan fingerprint density at radius 2 is 2.05 bits per heavy atom. The van der Waals surface area contributed by atoms with Gasteiger partial charge in [0.05, 0.1) is 7.11 Å². The van der Waals surface area contributed by atoms with Gasteiger partial charge in [0, 0.05) is 0 Å². The topological polar surface area (TPSA) is 64.6 Å². The van der Waals surface area contributed by atoms with E-state index in [4.69, 9.17) is 4.74 Å². The molecule has 1 atom stereocenters. The number of hydrogen-bond donors (Lipinski definition) is 1. The van der Waals surface area contributed by atoms with Crippen LogP contribution >= 0.6 is 0 Å². The van der Waals surface area contributed by atoms with E-state index in [0.29, 0.717) is 6.42 Å². The molecule has 0 heterocycles. The highest BCUT2D eigenvalue weighted by Crippen LogP contribution is 2.01. The molecule has 1 aromatic rings. The first-order valence-corrected chi connectivity index (χ1v) is 6.50. The minimum atomic E-state index is -0.877. The normalized spacial score (nSPS) is 11.7. The Bertz CT molecular complexity index is 496. The summed E-state index contributed by atoms with van der Waals surface area (Å²) in [5.41, 5.74) is 0.865. The van der Waals surface area contributed by atoms with Gasteiger partial charge in [0.25, 0.3) is 0 Å². The molecule has 0 bridgehead atoms. The SMILES string of the molecule is C=CC/C=C/C(NC(=O)OCc1ccccc1)C(=O)OC. The van der Waals surface area contributed by atoms with Gasteiger partial charge in [-0.3, -0.25) is 0 Å². The smallest absolute Gasteiger partial charge is 0.408 e. The first kappa shape index (κ1) is 16.5. The summed E-state index contributed by atoms with van der Waals surface area (Å²) in [7, 11) is 1.26. The minimum Gasteiger partial charge on any atom is -0.467 e. The van der Waals surface area contributed by atoms with E-state index in [1.165, 1.54) is 13.2 Å². The van der Waals surface area contributed by atoms with E-state index in [-0.39, 0.29) is 6.61 Å². The number of allylic oxidation sites excluding steroid dienone is 2. The van der Waals surface area contributed by atoms with Gasteiger partial charge in [-0.25, -0.2) is 9.59 Å². The van der Waals surface area contributed by atoms with Crippen molar-refractivity contribution in [2.75, 3.05) is 7.11 Å². The Hall–Kier alpha value is -2.56. The maximum absolute atomic E-state index is 11.7. The molecular weight excluding hydrogens is 270 g/mol. The van der Waals surface area contributed by atoms with Crippen LogP contribution in [0.4, 0.5) is 4.79 Å². The van der Waals surface area contributed by atoms with Crippen LogP contribution in [-0.2, 0) is 20.9 Å². The number of ether oxygens (including phenoxy) is 2. The molecule has 0 aliphatic rings. The first-order chi connectivity index (χ1) is 10.2. The second kappa shape index (κ2) is 9.36. The third kappa shape index (κ3) is 6.42. The quantitative estimate of drug-likeness (QED) is 0.619. The highest BCUT2D eigenvalue weighted by Gasteiger charge is 2.18. The molecule has 1 N–H and O–H groups in total. The van der Waals surface area contributed by atoms with Crippen LogP contribution in [0.5, 0.6) is 0 Å². The summed E-state index contributed by atoms with van der Waals surface area (Å²) in [5, 5.41) is 2.44. The Kier molecular flexibility index (Phi) is 7.35. The molecule has 112 valence electrons. The van der Waals surface area contributed by atoms with E-state index in [2.05, 4.69) is 16.6 Å². The van der Waals surface area contributed by atoms with Crippen molar-refractivity contribution in [3.63, 3.8) is 0 Å². The number of alkyl carbamates (subject to hydrolysis) is 1. The monoisotopic (exact) mass is 289 g/mol. The Labute approximate surface area is 124 Å². The molecule has 1 unspecified atom stereocenters. The van der Waals surface area contributed by atoms with Crippen LogP contribution in [0, 0.1) is 0 Å². The zero-order valence-electron chi connectivity index (χ0n) is 12.0. The number of esters is 1. The van der Waals surface area contributed by atoms with Crippen molar-refractivity contribution in [2.24, 2.45) is 0 Å². The zero-order valence-corrected chi connectivity index (χ0v) is 12.0. The van der Waals surface area contributed by atoms with Gasteiger partial charge in [-0.15, -0.1) is 6.58 Å². The summed E-state index contributed by atoms with van der Waals surface area (Å²) in [6, 6.07) is 8.39. The van der Waals surface area contributed by atoms with Gasteiger partial charge >= 0.3 is 12.1 Å². The lowest BCUT2D eigenvalue weighted by Gasteiger charge is -2.13. The average Bonchev–Trinajstić information content (AvgIpc) is 2.52. The summed E-state index contributed by atoms with van der Waals surface area (Å²) in [6.45, 7) is 3.70. The van der Waals surface area contributed by atoms with E-state index >= 15 is 0 Å². The summed E-state index contributed by atoms with van der Waals surface area (Å²) >= 11 is 0. The molecule has 5 heteroatoms. The minimum absolute atomic E-state index is 0.136. The highest BCUT2D eigenvalue weighted by molar-refractivity contribution is 5.83. The van der Waals surface area contributed by atoms with Crippen molar-refractivity contribution in [1.82, 2.24) is 5.32 Å². The fourth-order valence-corrected chi connectivity index (χ4v) is 1.52. The van der Waals surface area contributed by atoms with E-state index in [0.717, 1.165) is 5.56 Å². The molecular formula is C16H19NO4. The third-order valence-corrected chi connectivity index (χ3v) is 2.57. The van der Waals surface area contributed by atoms with Gasteiger partial charge in [0.15, 0.2) is 0 Å². The summed E-state index contributed by atoms with van der Waals surface area (Å²) in [5.74, 6) is -0.563. The average molecular weight is 289 g/mol. The van der Waals surface area contributed by atoms with Crippen LogP contribution in [-0.4, -0.2) is 25.2 Å². The molecule has 0 aromatic heterocycles. The van der Waals surface area contributed by atoms with Crippen molar-refractivity contribution in [1.29, 1.82) is 0 Å². The molecule has 1 aromatic carbocycles. The predicted molar refractivity (Wildman–Crippen MR) is 79.5 cm³/mol. The van der Waals surface area contributed by atoms with Crippen LogP contribution in [0.3, 0.4) is 0 Å². The van der Waals surface area contributed by atoms with Crippen LogP contribution in [0.1, 0.15) is 12.0 Å². The number of benzene rings is 1. The largest absolute Gasteiger partial charge is 0.467 e. The van der Waals surface area contributed by atoms with Crippen molar-refractivity contribution < 1.29 is 19.1 Å². The summed E-state index contributed by atoms with van der Waals surface area (Å²) < 4.78 is 9.67. The lowest BCUT2D eigenvalue weighted by atomic mass is 10.2. The second-order valence-corrected chi connectivity index (χ2v) is 4.16. The standard InChI is InChI=1S/C16H19NO4/c1-3-4-6-11-14(15(18)20-2)17-16(19)21-12-13-9-7-5-8-10-13/h3,5-11,14H,1,4,12H2,2H3,(H,17,19)/b11-6+. The number of carbonyl (C=O) groups is 2. The second-order valence-electron chi connectivity index (χ2n) is 4.16. The number of amides is 1. The van der Waals surface area contributed by atoms with Gasteiger partial charge < -0.3 is 14.8 Å². The first-order valence-electron chi connectivity index (χ1n) is 6.50. The van der Waals surface area contributed by atoms with Crippen molar-refractivity contribution >= 4 is 12.1 Å². The lowest BCUT2D eigenvalue weighted by molar-refractivity contribution is -0.141. The molecule has 5 nitrogen and oxygen atoms in total. The van der Waals surface area contributed by atoms with Crippen LogP contribution < -0.4 is 5.32 Å². The van der Waals surface area contributed by atoms with Gasteiger partial charge in [-0.05, 0) is 12.0 Å². The molecule has 0 saturated carbocycles. The van der Waals surface area contributed by atoms with Gasteiger partial charge in [-0.1, -0.05) is 48.6 Å². The Balaban J connectivity index is 2.51. The maximum Gasteiger partial charge on any atom is 0.408 e. The van der Waals surface area contributed by atoms with Gasteiger partial charge in [-0.2, -0.15) is 0 Å². The number of hydrogen-bond acceptors (Lipinski definition) is 4. The highest BCUT2D eigenvalue weighted by atomic mass is 16.6. The van der Waals surface area contributed by atoms with Crippen molar-refractivity contribution in [3.8, 4) is 0 Å². The molecule has 0 fully saturated rings. The van der Waals surface area contributed by atoms with Gasteiger partial charge in [0.1, 0.15) is 12.6 Å². The molecule has 0 aliphatic carbocycles. The summed E-state index contributed by atoms with van der Waals surface area (Å²) in [4.78, 5) is 23.2. The van der Waals surface area contributed by atoms with Crippen molar-refractivity contribution in [3.05, 3.63) is 60.7 Å². The van der Waals surface area contributed by atoms with E-state index in [1.807, 2.05) is 30.3 Å². The number of nitrogens with one attached hydrogen (secondary N) is 1. The molecule has 0 radical (unpaired) electrons. The van der Waals surface area contributed by atoms with Gasteiger partial charge in [0.2, 0.25) is 0 Å². The van der Waals surface area contributed by atoms with Crippen LogP contribution in [0.25, 0.3) is 0 Å².